The summed E-state index contributed by atoms with van der Waals surface area (Å²) in [5.41, 5.74) is -0.315. The van der Waals surface area contributed by atoms with Gasteiger partial charge < -0.3 is 9.84 Å². The van der Waals surface area contributed by atoms with Gasteiger partial charge in [0, 0.05) is 5.92 Å². The van der Waals surface area contributed by atoms with Gasteiger partial charge in [-0.05, 0) is 59.5 Å². The molecule has 98 valence electrons. The molecule has 3 aliphatic heterocycles. The number of likely N-dealkylation sites (tertiary alicyclic amines) is 1. The lowest BCUT2D eigenvalue weighted by Crippen LogP contribution is -2.72. The van der Waals surface area contributed by atoms with E-state index in [1.54, 1.807) is 0 Å². The topological polar surface area (TPSA) is 32.7 Å². The van der Waals surface area contributed by atoms with Crippen molar-refractivity contribution in [2.45, 2.75) is 69.8 Å². The van der Waals surface area contributed by atoms with Gasteiger partial charge in [-0.2, -0.15) is 0 Å². The van der Waals surface area contributed by atoms with Crippen LogP contribution >= 0.6 is 0 Å². The molecule has 4 aliphatic rings. The van der Waals surface area contributed by atoms with Crippen molar-refractivity contribution in [2.24, 2.45) is 5.92 Å². The van der Waals surface area contributed by atoms with E-state index in [1.807, 2.05) is 0 Å². The van der Waals surface area contributed by atoms with Crippen molar-refractivity contribution in [3.8, 4) is 0 Å². The number of ether oxygens (including phenoxy) is 1. The lowest BCUT2D eigenvalue weighted by molar-refractivity contribution is -0.294. The number of rotatable bonds is 1. The Labute approximate surface area is 104 Å². The zero-order valence-electron chi connectivity index (χ0n) is 11.3. The number of aliphatic hydroxyl groups excluding tert-OH is 1. The number of hydrogen-bond donors (Lipinski definition) is 1. The Morgan fingerprint density at radius 1 is 1.18 bits per heavy atom. The molecule has 3 saturated heterocycles. The fourth-order valence-corrected chi connectivity index (χ4v) is 4.51. The van der Waals surface area contributed by atoms with Crippen LogP contribution in [0.4, 0.5) is 0 Å². The van der Waals surface area contributed by atoms with Crippen molar-refractivity contribution >= 4 is 0 Å². The van der Waals surface area contributed by atoms with Gasteiger partial charge in [0.15, 0.2) is 0 Å². The number of hydrogen-bond acceptors (Lipinski definition) is 3. The molecule has 1 aliphatic carbocycles. The minimum Gasteiger partial charge on any atom is -0.391 e. The molecule has 4 fully saturated rings. The molecule has 0 spiro atoms. The lowest BCUT2D eigenvalue weighted by Gasteiger charge is -2.61. The highest BCUT2D eigenvalue weighted by atomic mass is 16.5. The van der Waals surface area contributed by atoms with Crippen LogP contribution in [0, 0.1) is 5.92 Å². The van der Waals surface area contributed by atoms with Gasteiger partial charge >= 0.3 is 0 Å². The Kier molecular flexibility index (Phi) is 2.59. The summed E-state index contributed by atoms with van der Waals surface area (Å²) in [6.07, 6.45) is 4.53. The van der Waals surface area contributed by atoms with Crippen LogP contribution in [0.2, 0.25) is 0 Å². The van der Waals surface area contributed by atoms with Crippen LogP contribution in [-0.2, 0) is 4.74 Å². The molecular formula is C14H25NO2. The van der Waals surface area contributed by atoms with E-state index >= 15 is 0 Å². The SMILES string of the molecule is CC1(C)O[C@@]2(C)CC[C@H]1[C@@H](O)[C@H]2N1CCCC1. The molecule has 17 heavy (non-hydrogen) atoms. The smallest absolute Gasteiger partial charge is 0.0841 e. The highest BCUT2D eigenvalue weighted by Crippen LogP contribution is 2.51. The van der Waals surface area contributed by atoms with E-state index in [1.165, 1.54) is 12.8 Å². The minimum absolute atomic E-state index is 0.151. The highest BCUT2D eigenvalue weighted by molar-refractivity contribution is 5.11. The van der Waals surface area contributed by atoms with E-state index in [4.69, 9.17) is 4.74 Å². The normalized spacial score (nSPS) is 49.8. The van der Waals surface area contributed by atoms with E-state index in [0.29, 0.717) is 5.92 Å². The molecule has 4 rings (SSSR count). The summed E-state index contributed by atoms with van der Waals surface area (Å²) in [5.74, 6) is 0.301. The number of aliphatic hydroxyl groups is 1. The van der Waals surface area contributed by atoms with Crippen molar-refractivity contribution in [1.29, 1.82) is 0 Å². The molecule has 3 heteroatoms. The summed E-state index contributed by atoms with van der Waals surface area (Å²) in [6, 6.07) is 0.219. The lowest BCUT2D eigenvalue weighted by atomic mass is 9.64. The van der Waals surface area contributed by atoms with Gasteiger partial charge in [0.1, 0.15) is 0 Å². The van der Waals surface area contributed by atoms with Crippen molar-refractivity contribution in [2.75, 3.05) is 13.1 Å². The van der Waals surface area contributed by atoms with Gasteiger partial charge in [-0.15, -0.1) is 0 Å². The molecule has 0 aromatic rings. The Balaban J connectivity index is 1.90. The molecule has 2 bridgehead atoms. The third-order valence-electron chi connectivity index (χ3n) is 5.24. The molecule has 0 radical (unpaired) electrons. The van der Waals surface area contributed by atoms with Crippen LogP contribution in [0.3, 0.4) is 0 Å². The summed E-state index contributed by atoms with van der Waals surface area (Å²) in [4.78, 5) is 2.46. The first kappa shape index (κ1) is 11.9. The summed E-state index contributed by atoms with van der Waals surface area (Å²) < 4.78 is 6.35. The maximum absolute atomic E-state index is 10.7. The van der Waals surface area contributed by atoms with E-state index < -0.39 is 0 Å². The summed E-state index contributed by atoms with van der Waals surface area (Å²) in [7, 11) is 0. The zero-order valence-corrected chi connectivity index (χ0v) is 11.3. The van der Waals surface area contributed by atoms with Gasteiger partial charge in [0.25, 0.3) is 0 Å². The molecule has 1 saturated carbocycles. The highest BCUT2D eigenvalue weighted by Gasteiger charge is 2.60. The van der Waals surface area contributed by atoms with Gasteiger partial charge in [-0.25, -0.2) is 0 Å². The molecule has 0 aromatic carbocycles. The molecule has 1 N–H and O–H groups in total. The molecular weight excluding hydrogens is 214 g/mol. The van der Waals surface area contributed by atoms with Gasteiger partial charge in [-0.1, -0.05) is 0 Å². The van der Waals surface area contributed by atoms with E-state index in [-0.39, 0.29) is 23.3 Å². The van der Waals surface area contributed by atoms with E-state index in [2.05, 4.69) is 25.7 Å². The largest absolute Gasteiger partial charge is 0.391 e. The predicted molar refractivity (Wildman–Crippen MR) is 66.9 cm³/mol. The summed E-state index contributed by atoms with van der Waals surface area (Å²) in [5, 5.41) is 10.7. The third-order valence-corrected chi connectivity index (χ3v) is 5.24. The standard InChI is InChI=1S/C14H25NO2/c1-13(2)10-6-7-14(3,17-13)12(11(10)16)15-8-4-5-9-15/h10-12,16H,4-9H2,1-3H3/t10-,11+,12+,14-/m0/s1. The second-order valence-corrected chi connectivity index (χ2v) is 6.84. The maximum Gasteiger partial charge on any atom is 0.0841 e. The molecule has 3 nitrogen and oxygen atoms in total. The average Bonchev–Trinajstić information content (AvgIpc) is 2.67. The molecule has 0 aromatic heterocycles. The number of fused-ring (bicyclic) bond motifs is 3. The molecule has 4 atom stereocenters. The first-order valence-electron chi connectivity index (χ1n) is 7.06. The first-order valence-corrected chi connectivity index (χ1v) is 7.06. The number of nitrogens with zero attached hydrogens (tertiary/aromatic N) is 1. The third kappa shape index (κ3) is 1.66. The van der Waals surface area contributed by atoms with E-state index in [0.717, 1.165) is 25.9 Å². The Morgan fingerprint density at radius 3 is 2.35 bits per heavy atom. The van der Waals surface area contributed by atoms with Gasteiger partial charge in [0.05, 0.1) is 23.3 Å². The molecule has 0 unspecified atom stereocenters. The van der Waals surface area contributed by atoms with Crippen LogP contribution in [0.15, 0.2) is 0 Å². The minimum atomic E-state index is -0.212. The fourth-order valence-electron chi connectivity index (χ4n) is 4.51. The van der Waals surface area contributed by atoms with Crippen LogP contribution in [0.5, 0.6) is 0 Å². The van der Waals surface area contributed by atoms with Crippen LogP contribution < -0.4 is 0 Å². The predicted octanol–water partition coefficient (Wildman–Crippen LogP) is 1.79. The Bertz CT molecular complexity index is 311. The second kappa shape index (κ2) is 3.69. The maximum atomic E-state index is 10.7. The van der Waals surface area contributed by atoms with Crippen LogP contribution in [-0.4, -0.2) is 46.4 Å². The monoisotopic (exact) mass is 239 g/mol. The van der Waals surface area contributed by atoms with Crippen molar-refractivity contribution in [1.82, 2.24) is 4.90 Å². The van der Waals surface area contributed by atoms with Crippen LogP contribution in [0.1, 0.15) is 46.5 Å². The quantitative estimate of drug-likeness (QED) is 0.757. The van der Waals surface area contributed by atoms with Gasteiger partial charge in [0.2, 0.25) is 0 Å². The van der Waals surface area contributed by atoms with Crippen molar-refractivity contribution in [3.63, 3.8) is 0 Å². The Hall–Kier alpha value is -0.120. The zero-order chi connectivity index (χ0) is 12.3. The first-order chi connectivity index (χ1) is 7.94. The average molecular weight is 239 g/mol. The Morgan fingerprint density at radius 2 is 1.82 bits per heavy atom. The molecule has 0 amide bonds. The van der Waals surface area contributed by atoms with Gasteiger partial charge in [-0.3, -0.25) is 4.90 Å². The summed E-state index contributed by atoms with van der Waals surface area (Å²) in [6.45, 7) is 8.75. The van der Waals surface area contributed by atoms with E-state index in [9.17, 15) is 5.11 Å². The fraction of sp³-hybridized carbons (Fsp3) is 1.00. The van der Waals surface area contributed by atoms with Crippen molar-refractivity contribution < 1.29 is 9.84 Å². The summed E-state index contributed by atoms with van der Waals surface area (Å²) >= 11 is 0. The van der Waals surface area contributed by atoms with Crippen molar-refractivity contribution in [3.05, 3.63) is 0 Å². The molecule has 3 heterocycles. The van der Waals surface area contributed by atoms with Crippen LogP contribution in [0.25, 0.3) is 0 Å². The second-order valence-electron chi connectivity index (χ2n) is 6.84.